The Hall–Kier alpha value is -2.37. The van der Waals surface area contributed by atoms with E-state index in [-0.39, 0.29) is 12.5 Å². The molecule has 1 saturated heterocycles. The van der Waals surface area contributed by atoms with Crippen molar-refractivity contribution in [3.8, 4) is 0 Å². The quantitative estimate of drug-likeness (QED) is 0.0261. The van der Waals surface area contributed by atoms with Gasteiger partial charge in [-0.2, -0.15) is 0 Å². The summed E-state index contributed by atoms with van der Waals surface area (Å²) in [4.78, 5) is 13.1. The van der Waals surface area contributed by atoms with Crippen LogP contribution in [0.1, 0.15) is 335 Å². The van der Waals surface area contributed by atoms with Gasteiger partial charge >= 0.3 is 0 Å². The second kappa shape index (κ2) is 62.7. The van der Waals surface area contributed by atoms with Gasteiger partial charge in [0, 0.05) is 6.42 Å². The molecule has 1 aliphatic rings. The van der Waals surface area contributed by atoms with E-state index in [1.807, 2.05) is 6.08 Å². The largest absolute Gasteiger partial charge is 0.394 e. The van der Waals surface area contributed by atoms with Gasteiger partial charge in [-0.3, -0.25) is 4.79 Å². The second-order valence-electron chi connectivity index (χ2n) is 24.6. The van der Waals surface area contributed by atoms with Crippen LogP contribution < -0.4 is 5.32 Å². The molecule has 1 fully saturated rings. The molecule has 0 bridgehead atoms. The molecule has 0 saturated carbocycles. The van der Waals surface area contributed by atoms with Crippen LogP contribution in [-0.2, 0) is 14.3 Å². The summed E-state index contributed by atoms with van der Waals surface area (Å²) >= 11 is 0. The van der Waals surface area contributed by atoms with E-state index in [0.717, 1.165) is 64.2 Å². The third-order valence-corrected chi connectivity index (χ3v) is 16.8. The average molecular weight is 1170 g/mol. The van der Waals surface area contributed by atoms with E-state index in [9.17, 15) is 30.3 Å². The minimum absolute atomic E-state index is 0.181. The summed E-state index contributed by atoms with van der Waals surface area (Å²) in [6.07, 6.45) is 81.7. The predicted molar refractivity (Wildman–Crippen MR) is 355 cm³/mol. The van der Waals surface area contributed by atoms with Crippen molar-refractivity contribution in [1.29, 1.82) is 0 Å². The third-order valence-electron chi connectivity index (χ3n) is 16.8. The Morgan fingerprint density at radius 3 is 1.16 bits per heavy atom. The van der Waals surface area contributed by atoms with Gasteiger partial charge < -0.3 is 40.3 Å². The van der Waals surface area contributed by atoms with Gasteiger partial charge in [0.2, 0.25) is 5.91 Å². The molecule has 484 valence electrons. The van der Waals surface area contributed by atoms with Gasteiger partial charge in [-0.05, 0) is 70.6 Å². The lowest BCUT2D eigenvalue weighted by Gasteiger charge is -2.40. The molecule has 1 heterocycles. The van der Waals surface area contributed by atoms with E-state index >= 15 is 0 Å². The van der Waals surface area contributed by atoms with E-state index in [4.69, 9.17) is 9.47 Å². The topological polar surface area (TPSA) is 149 Å². The number of aliphatic hydroxyl groups is 5. The number of aliphatic hydroxyl groups excluding tert-OH is 5. The Kier molecular flexibility index (Phi) is 59.4. The van der Waals surface area contributed by atoms with Crippen LogP contribution in [-0.4, -0.2) is 87.5 Å². The Labute approximate surface area is 512 Å². The van der Waals surface area contributed by atoms with E-state index in [1.54, 1.807) is 6.08 Å². The van der Waals surface area contributed by atoms with E-state index in [1.165, 1.54) is 250 Å². The van der Waals surface area contributed by atoms with Crippen molar-refractivity contribution in [1.82, 2.24) is 5.32 Å². The normalized spacial score (nSPS) is 18.7. The lowest BCUT2D eigenvalue weighted by molar-refractivity contribution is -0.302. The van der Waals surface area contributed by atoms with Gasteiger partial charge in [0.1, 0.15) is 24.4 Å². The number of carbonyl (C=O) groups is 1. The van der Waals surface area contributed by atoms with Crippen LogP contribution in [0.15, 0.2) is 72.9 Å². The van der Waals surface area contributed by atoms with Crippen molar-refractivity contribution in [3.63, 3.8) is 0 Å². The van der Waals surface area contributed by atoms with Crippen LogP contribution >= 0.6 is 0 Å². The molecule has 0 radical (unpaired) electrons. The van der Waals surface area contributed by atoms with Crippen molar-refractivity contribution in [2.24, 2.45) is 0 Å². The van der Waals surface area contributed by atoms with Gasteiger partial charge in [0.15, 0.2) is 6.29 Å². The Balaban J connectivity index is 2.07. The first-order chi connectivity index (χ1) is 40.8. The Morgan fingerprint density at radius 2 is 0.759 bits per heavy atom. The molecule has 9 nitrogen and oxygen atoms in total. The van der Waals surface area contributed by atoms with Crippen molar-refractivity contribution >= 4 is 5.91 Å². The summed E-state index contributed by atoms with van der Waals surface area (Å²) in [5.41, 5.74) is 0. The smallest absolute Gasteiger partial charge is 0.220 e. The fraction of sp³-hybridized carbons (Fsp3) is 0.824. The van der Waals surface area contributed by atoms with E-state index < -0.39 is 49.5 Å². The molecule has 1 aliphatic heterocycles. The molecule has 6 N–H and O–H groups in total. The number of nitrogens with one attached hydrogen (secondary N) is 1. The lowest BCUT2D eigenvalue weighted by Crippen LogP contribution is -2.60. The van der Waals surface area contributed by atoms with Crippen LogP contribution in [0, 0.1) is 0 Å². The molecule has 7 unspecified atom stereocenters. The first-order valence-electron chi connectivity index (χ1n) is 35.7. The summed E-state index contributed by atoms with van der Waals surface area (Å²) in [5, 5.41) is 54.7. The van der Waals surface area contributed by atoms with E-state index in [0.29, 0.717) is 6.42 Å². The van der Waals surface area contributed by atoms with Crippen LogP contribution in [0.4, 0.5) is 0 Å². The monoisotopic (exact) mass is 1170 g/mol. The molecule has 0 aromatic rings. The minimum Gasteiger partial charge on any atom is -0.394 e. The zero-order chi connectivity index (χ0) is 60.0. The molecule has 0 aromatic heterocycles. The molecular weight excluding hydrogens is 1030 g/mol. The highest BCUT2D eigenvalue weighted by molar-refractivity contribution is 5.76. The van der Waals surface area contributed by atoms with Crippen LogP contribution in [0.5, 0.6) is 0 Å². The number of amides is 1. The van der Waals surface area contributed by atoms with Gasteiger partial charge in [0.05, 0.1) is 25.4 Å². The van der Waals surface area contributed by atoms with Gasteiger partial charge in [-0.25, -0.2) is 0 Å². The molecule has 1 rings (SSSR count). The Morgan fingerprint density at radius 1 is 0.422 bits per heavy atom. The minimum atomic E-state index is -1.57. The van der Waals surface area contributed by atoms with Crippen molar-refractivity contribution < 1.29 is 39.8 Å². The molecule has 1 amide bonds. The van der Waals surface area contributed by atoms with Crippen molar-refractivity contribution in [2.75, 3.05) is 13.2 Å². The van der Waals surface area contributed by atoms with Crippen LogP contribution in [0.3, 0.4) is 0 Å². The first-order valence-corrected chi connectivity index (χ1v) is 35.7. The molecule has 9 heteroatoms. The number of unbranched alkanes of at least 4 members (excludes halogenated alkanes) is 42. The highest BCUT2D eigenvalue weighted by Gasteiger charge is 2.44. The van der Waals surface area contributed by atoms with Gasteiger partial charge in [-0.15, -0.1) is 0 Å². The number of allylic oxidation sites excluding steroid dienone is 11. The second-order valence-corrected chi connectivity index (χ2v) is 24.6. The summed E-state index contributed by atoms with van der Waals surface area (Å²) < 4.78 is 11.3. The Bertz CT molecular complexity index is 1540. The zero-order valence-corrected chi connectivity index (χ0v) is 54.2. The predicted octanol–water partition coefficient (Wildman–Crippen LogP) is 19.5. The van der Waals surface area contributed by atoms with Crippen LogP contribution in [0.25, 0.3) is 0 Å². The number of hydrogen-bond donors (Lipinski definition) is 6. The van der Waals surface area contributed by atoms with Crippen LogP contribution in [0.2, 0.25) is 0 Å². The van der Waals surface area contributed by atoms with E-state index in [2.05, 4.69) is 79.9 Å². The number of ether oxygens (including phenoxy) is 2. The van der Waals surface area contributed by atoms with Crippen molar-refractivity contribution in [3.05, 3.63) is 72.9 Å². The molecule has 0 spiro atoms. The maximum Gasteiger partial charge on any atom is 0.220 e. The standard InChI is InChI=1S/C74H135NO8/c1-3-5-7-9-11-13-15-17-19-21-23-25-26-27-28-29-30-31-32-33-34-35-36-37-38-39-40-41-42-44-46-48-50-52-54-56-58-60-62-64-70(78)75-67(66-82-74-73(81)72(80)71(79)69(65-76)83-74)68(77)63-61-59-57-55-53-51-49-47-45-43-24-22-20-18-16-14-12-10-8-6-4-2/h5,7,11,13,17,19,23,25,53,55,61,63,67-69,71-74,76-77,79-81H,3-4,6,8-10,12,14-16,18,20-22,24,26-52,54,56-60,62,64-66H2,1-2H3,(H,75,78)/b7-5-,13-11-,19-17-,25-23-,55-53+,63-61+. The number of rotatable bonds is 62. The summed E-state index contributed by atoms with van der Waals surface area (Å²) in [6.45, 7) is 3.69. The fourth-order valence-electron chi connectivity index (χ4n) is 11.2. The SMILES string of the molecule is CC/C=C\C/C=C\C/C=C\C/C=C\CCCCCCCCCCCCCCCCCCCCCCCCCCCCC(=O)NC(COC1OC(CO)C(O)C(O)C1O)C(O)/C=C/CC/C=C/CCCCCCCCCCCCCCCCC. The van der Waals surface area contributed by atoms with Gasteiger partial charge in [-0.1, -0.05) is 331 Å². The first kappa shape index (κ1) is 78.6. The third kappa shape index (κ3) is 51.4. The van der Waals surface area contributed by atoms with Gasteiger partial charge in [0.25, 0.3) is 0 Å². The summed E-state index contributed by atoms with van der Waals surface area (Å²) in [7, 11) is 0. The zero-order valence-electron chi connectivity index (χ0n) is 54.2. The molecule has 83 heavy (non-hydrogen) atoms. The average Bonchev–Trinajstić information content (AvgIpc) is 3.60. The highest BCUT2D eigenvalue weighted by Crippen LogP contribution is 2.23. The molecule has 0 aromatic carbocycles. The maximum atomic E-state index is 13.1. The number of carbonyl (C=O) groups excluding carboxylic acids is 1. The summed E-state index contributed by atoms with van der Waals surface area (Å²) in [6, 6.07) is -0.823. The molecular formula is C74H135NO8. The lowest BCUT2D eigenvalue weighted by atomic mass is 9.99. The summed E-state index contributed by atoms with van der Waals surface area (Å²) in [5.74, 6) is -0.181. The molecule has 0 aliphatic carbocycles. The van der Waals surface area contributed by atoms with Crippen molar-refractivity contribution in [2.45, 2.75) is 378 Å². The fourth-order valence-corrected chi connectivity index (χ4v) is 11.2. The number of hydrogen-bond acceptors (Lipinski definition) is 8. The molecule has 7 atom stereocenters. The highest BCUT2D eigenvalue weighted by atomic mass is 16.7. The maximum absolute atomic E-state index is 13.1.